The van der Waals surface area contributed by atoms with E-state index in [4.69, 9.17) is 0 Å². The molecule has 0 aliphatic heterocycles. The summed E-state index contributed by atoms with van der Waals surface area (Å²) in [4.78, 5) is 11.9. The van der Waals surface area contributed by atoms with E-state index in [1.54, 1.807) is 0 Å². The molecule has 1 aliphatic rings. The van der Waals surface area contributed by atoms with E-state index in [0.717, 1.165) is 30.4 Å². The van der Waals surface area contributed by atoms with Crippen LogP contribution >= 0.6 is 0 Å². The van der Waals surface area contributed by atoms with Gasteiger partial charge in [-0.05, 0) is 36.8 Å². The largest absolute Gasteiger partial charge is 0.294 e. The number of carbonyl (C=O) groups excluding carboxylic acids is 1. The molecule has 1 atom stereocenters. The highest BCUT2D eigenvalue weighted by molar-refractivity contribution is 5.99. The van der Waals surface area contributed by atoms with Gasteiger partial charge >= 0.3 is 0 Å². The number of hydrogen-bond acceptors (Lipinski definition) is 1. The third kappa shape index (κ3) is 1.59. The lowest BCUT2D eigenvalue weighted by molar-refractivity contribution is 0.0966. The number of fused-ring (bicyclic) bond motifs is 1. The molecule has 0 fully saturated rings. The van der Waals surface area contributed by atoms with Crippen LogP contribution < -0.4 is 0 Å². The molecule has 1 nitrogen and oxygen atoms in total. The van der Waals surface area contributed by atoms with E-state index in [2.05, 4.69) is 19.1 Å². The van der Waals surface area contributed by atoms with Gasteiger partial charge in [-0.3, -0.25) is 4.79 Å². The van der Waals surface area contributed by atoms with Crippen LogP contribution in [0.15, 0.2) is 18.2 Å². The van der Waals surface area contributed by atoms with Crippen LogP contribution in [0.4, 0.5) is 0 Å². The maximum Gasteiger partial charge on any atom is 0.163 e. The first-order chi connectivity index (χ1) is 6.68. The first-order valence-electron chi connectivity index (χ1n) is 5.30. The van der Waals surface area contributed by atoms with Gasteiger partial charge in [-0.25, -0.2) is 0 Å². The molecule has 0 heterocycles. The smallest absolute Gasteiger partial charge is 0.163 e. The highest BCUT2D eigenvalue weighted by Gasteiger charge is 2.20. The third-order valence-corrected chi connectivity index (χ3v) is 3.08. The Morgan fingerprint density at radius 1 is 1.36 bits per heavy atom. The van der Waals surface area contributed by atoms with Crippen molar-refractivity contribution < 1.29 is 4.79 Å². The van der Waals surface area contributed by atoms with Gasteiger partial charge in [0.25, 0.3) is 0 Å². The maximum absolute atomic E-state index is 11.9. The van der Waals surface area contributed by atoms with Gasteiger partial charge in [0.05, 0.1) is 0 Å². The molecule has 1 unspecified atom stereocenters. The first-order valence-corrected chi connectivity index (χ1v) is 5.30. The van der Waals surface area contributed by atoms with Crippen LogP contribution in [0.25, 0.3) is 0 Å². The van der Waals surface area contributed by atoms with Gasteiger partial charge in [0.2, 0.25) is 0 Å². The highest BCUT2D eigenvalue weighted by atomic mass is 16.1. The fourth-order valence-electron chi connectivity index (χ4n) is 2.26. The Hall–Kier alpha value is -1.11. The normalized spacial score (nSPS) is 21.6. The average molecular weight is 188 g/mol. The zero-order chi connectivity index (χ0) is 10.1. The van der Waals surface area contributed by atoms with E-state index in [1.807, 2.05) is 13.0 Å². The minimum Gasteiger partial charge on any atom is -0.294 e. The van der Waals surface area contributed by atoms with Gasteiger partial charge in [-0.15, -0.1) is 0 Å². The summed E-state index contributed by atoms with van der Waals surface area (Å²) in [6.45, 7) is 4.20. The van der Waals surface area contributed by atoms with Crippen molar-refractivity contribution >= 4 is 5.78 Å². The van der Waals surface area contributed by atoms with Crippen molar-refractivity contribution in [1.29, 1.82) is 0 Å². The number of carbonyl (C=O) groups is 1. The number of aryl methyl sites for hydroxylation is 2. The molecular weight excluding hydrogens is 172 g/mol. The summed E-state index contributed by atoms with van der Waals surface area (Å²) >= 11 is 0. The summed E-state index contributed by atoms with van der Waals surface area (Å²) in [5, 5.41) is 0. The van der Waals surface area contributed by atoms with Crippen LogP contribution in [0.1, 0.15) is 41.3 Å². The van der Waals surface area contributed by atoms with E-state index in [-0.39, 0.29) is 0 Å². The van der Waals surface area contributed by atoms with Crippen LogP contribution in [-0.4, -0.2) is 5.78 Å². The first kappa shape index (κ1) is 9.45. The second kappa shape index (κ2) is 3.56. The fourth-order valence-corrected chi connectivity index (χ4v) is 2.26. The average Bonchev–Trinajstić information content (AvgIpc) is 2.27. The predicted molar refractivity (Wildman–Crippen MR) is 57.6 cm³/mol. The molecule has 74 valence electrons. The summed E-state index contributed by atoms with van der Waals surface area (Å²) in [6.07, 6.45) is 2.92. The molecule has 1 aliphatic carbocycles. The molecule has 0 saturated carbocycles. The van der Waals surface area contributed by atoms with Gasteiger partial charge in [-0.1, -0.05) is 25.1 Å². The van der Waals surface area contributed by atoms with Gasteiger partial charge in [0.1, 0.15) is 0 Å². The molecule has 1 aromatic carbocycles. The highest BCUT2D eigenvalue weighted by Crippen LogP contribution is 2.26. The minimum absolute atomic E-state index is 0.336. The van der Waals surface area contributed by atoms with Crippen molar-refractivity contribution in [3.63, 3.8) is 0 Å². The SMILES string of the molecule is Cc1cccc2c1C(=O)CC(C)CC2. The van der Waals surface area contributed by atoms with Crippen LogP contribution in [0.2, 0.25) is 0 Å². The van der Waals surface area contributed by atoms with Crippen molar-refractivity contribution in [2.24, 2.45) is 5.92 Å². The van der Waals surface area contributed by atoms with Gasteiger partial charge < -0.3 is 0 Å². The molecule has 0 bridgehead atoms. The lowest BCUT2D eigenvalue weighted by atomic mass is 9.97. The molecule has 14 heavy (non-hydrogen) atoms. The van der Waals surface area contributed by atoms with E-state index in [0.29, 0.717) is 11.7 Å². The summed E-state index contributed by atoms with van der Waals surface area (Å²) in [6, 6.07) is 6.18. The standard InChI is InChI=1S/C13H16O/c1-9-6-7-11-5-3-4-10(2)13(11)12(14)8-9/h3-5,9H,6-8H2,1-2H3. The van der Waals surface area contributed by atoms with E-state index >= 15 is 0 Å². The van der Waals surface area contributed by atoms with Crippen LogP contribution in [0.3, 0.4) is 0 Å². The Kier molecular flexibility index (Phi) is 2.40. The molecule has 0 amide bonds. The third-order valence-electron chi connectivity index (χ3n) is 3.08. The van der Waals surface area contributed by atoms with Crippen LogP contribution in [-0.2, 0) is 6.42 Å². The lowest BCUT2D eigenvalue weighted by Crippen LogP contribution is -2.05. The predicted octanol–water partition coefficient (Wildman–Crippen LogP) is 3.15. The number of Topliss-reactive ketones (excluding diaryl/α,β-unsaturated/α-hetero) is 1. The summed E-state index contributed by atoms with van der Waals surface area (Å²) in [7, 11) is 0. The van der Waals surface area contributed by atoms with Crippen molar-refractivity contribution in [3.8, 4) is 0 Å². The van der Waals surface area contributed by atoms with Crippen LogP contribution in [0.5, 0.6) is 0 Å². The molecule has 1 aromatic rings. The maximum atomic E-state index is 11.9. The molecular formula is C13H16O. The number of hydrogen-bond donors (Lipinski definition) is 0. The van der Waals surface area contributed by atoms with Gasteiger partial charge in [-0.2, -0.15) is 0 Å². The molecule has 1 heteroatoms. The van der Waals surface area contributed by atoms with E-state index in [9.17, 15) is 4.79 Å². The second-order valence-corrected chi connectivity index (χ2v) is 4.38. The van der Waals surface area contributed by atoms with Crippen molar-refractivity contribution in [3.05, 3.63) is 34.9 Å². The summed E-state index contributed by atoms with van der Waals surface area (Å²) in [5.74, 6) is 0.873. The van der Waals surface area contributed by atoms with E-state index in [1.165, 1.54) is 5.56 Å². The molecule has 0 spiro atoms. The Morgan fingerprint density at radius 3 is 2.93 bits per heavy atom. The van der Waals surface area contributed by atoms with Gasteiger partial charge in [0.15, 0.2) is 5.78 Å². The zero-order valence-electron chi connectivity index (χ0n) is 8.84. The Labute approximate surface area is 85.1 Å². The monoisotopic (exact) mass is 188 g/mol. The van der Waals surface area contributed by atoms with Gasteiger partial charge in [0, 0.05) is 12.0 Å². The number of ketones is 1. The Morgan fingerprint density at radius 2 is 2.14 bits per heavy atom. The fraction of sp³-hybridized carbons (Fsp3) is 0.462. The number of benzene rings is 1. The molecule has 0 saturated heterocycles. The molecule has 0 N–H and O–H groups in total. The molecule has 0 aromatic heterocycles. The summed E-state index contributed by atoms with van der Waals surface area (Å²) in [5.41, 5.74) is 3.39. The van der Waals surface area contributed by atoms with E-state index < -0.39 is 0 Å². The number of rotatable bonds is 0. The quantitative estimate of drug-likeness (QED) is 0.571. The zero-order valence-corrected chi connectivity index (χ0v) is 8.84. The second-order valence-electron chi connectivity index (χ2n) is 4.38. The molecule has 0 radical (unpaired) electrons. The molecule has 2 rings (SSSR count). The minimum atomic E-state index is 0.336. The summed E-state index contributed by atoms with van der Waals surface area (Å²) < 4.78 is 0. The topological polar surface area (TPSA) is 17.1 Å². The van der Waals surface area contributed by atoms with Crippen LogP contribution in [0, 0.1) is 12.8 Å². The Balaban J connectivity index is 2.49. The van der Waals surface area contributed by atoms with Crippen molar-refractivity contribution in [1.82, 2.24) is 0 Å². The van der Waals surface area contributed by atoms with Crippen molar-refractivity contribution in [2.75, 3.05) is 0 Å². The van der Waals surface area contributed by atoms with Crippen molar-refractivity contribution in [2.45, 2.75) is 33.1 Å². The lowest BCUT2D eigenvalue weighted by Gasteiger charge is -2.06. The Bertz CT molecular complexity index is 365.